The smallest absolute Gasteiger partial charge is 0.414 e. The number of hydrogen-bond acceptors (Lipinski definition) is 2. The summed E-state index contributed by atoms with van der Waals surface area (Å²) in [7, 11) is 0. The zero-order valence-corrected chi connectivity index (χ0v) is 11.7. The number of hydrogen-bond donors (Lipinski definition) is 0. The number of nitrogens with zero attached hydrogens (tertiary/aromatic N) is 1. The van der Waals surface area contributed by atoms with Crippen LogP contribution in [0.5, 0.6) is 0 Å². The molecule has 0 unspecified atom stereocenters. The molecule has 3 heteroatoms. The molecule has 1 aliphatic heterocycles. The van der Waals surface area contributed by atoms with Gasteiger partial charge in [-0.05, 0) is 57.4 Å². The van der Waals surface area contributed by atoms with Gasteiger partial charge >= 0.3 is 6.09 Å². The number of rotatable bonds is 0. The van der Waals surface area contributed by atoms with E-state index in [1.165, 1.54) is 0 Å². The predicted molar refractivity (Wildman–Crippen MR) is 76.3 cm³/mol. The van der Waals surface area contributed by atoms with Crippen LogP contribution in [0.4, 0.5) is 10.5 Å². The van der Waals surface area contributed by atoms with Crippen molar-refractivity contribution < 1.29 is 9.53 Å². The maximum atomic E-state index is 12.2. The molecule has 0 aromatic heterocycles. The molecule has 0 spiro atoms. The summed E-state index contributed by atoms with van der Waals surface area (Å²) < 4.78 is 5.44. The molecule has 3 nitrogen and oxygen atoms in total. The van der Waals surface area contributed by atoms with E-state index in [-0.39, 0.29) is 6.09 Å². The van der Waals surface area contributed by atoms with Gasteiger partial charge in [-0.25, -0.2) is 4.79 Å². The summed E-state index contributed by atoms with van der Waals surface area (Å²) in [6.07, 6.45) is 6.99. The van der Waals surface area contributed by atoms with Crippen molar-refractivity contribution in [3.05, 3.63) is 29.3 Å². The van der Waals surface area contributed by atoms with Gasteiger partial charge in [0.2, 0.25) is 0 Å². The van der Waals surface area contributed by atoms with Gasteiger partial charge < -0.3 is 4.74 Å². The van der Waals surface area contributed by atoms with E-state index >= 15 is 0 Å². The molecular formula is C16H19NO2. The van der Waals surface area contributed by atoms with Crippen molar-refractivity contribution in [2.75, 3.05) is 11.4 Å². The van der Waals surface area contributed by atoms with Gasteiger partial charge in [0.05, 0.1) is 5.69 Å². The number of terminal acetylenes is 1. The van der Waals surface area contributed by atoms with Crippen molar-refractivity contribution in [3.8, 4) is 12.3 Å². The Bertz CT molecular complexity index is 535. The van der Waals surface area contributed by atoms with Crippen LogP contribution in [0.3, 0.4) is 0 Å². The number of benzene rings is 1. The average Bonchev–Trinajstić information content (AvgIpc) is 2.35. The SMILES string of the molecule is C#Cc1ccc2c(c1)CCCN2C(=O)OC(C)(C)C. The second kappa shape index (κ2) is 4.97. The molecule has 1 amide bonds. The fraction of sp³-hybridized carbons (Fsp3) is 0.438. The molecule has 0 saturated heterocycles. The first-order chi connectivity index (χ1) is 8.90. The lowest BCUT2D eigenvalue weighted by Gasteiger charge is -2.31. The highest BCUT2D eigenvalue weighted by Gasteiger charge is 2.27. The molecule has 0 fully saturated rings. The van der Waals surface area contributed by atoms with Crippen LogP contribution in [-0.2, 0) is 11.2 Å². The quantitative estimate of drug-likeness (QED) is 0.667. The Labute approximate surface area is 114 Å². The monoisotopic (exact) mass is 257 g/mol. The molecule has 19 heavy (non-hydrogen) atoms. The fourth-order valence-corrected chi connectivity index (χ4v) is 2.19. The van der Waals surface area contributed by atoms with Crippen molar-refractivity contribution in [2.45, 2.75) is 39.2 Å². The normalized spacial score (nSPS) is 14.5. The van der Waals surface area contributed by atoms with Gasteiger partial charge in [-0.15, -0.1) is 6.42 Å². The number of anilines is 1. The van der Waals surface area contributed by atoms with Gasteiger partial charge in [-0.1, -0.05) is 5.92 Å². The van der Waals surface area contributed by atoms with Gasteiger partial charge in [-0.3, -0.25) is 4.90 Å². The minimum absolute atomic E-state index is 0.290. The standard InChI is InChI=1S/C16H19NO2/c1-5-12-8-9-14-13(11-12)7-6-10-17(14)15(18)19-16(2,3)4/h1,8-9,11H,6-7,10H2,2-4H3. The summed E-state index contributed by atoms with van der Waals surface area (Å²) in [5.41, 5.74) is 2.41. The Kier molecular flexibility index (Phi) is 3.53. The predicted octanol–water partition coefficient (Wildman–Crippen LogP) is 3.36. The van der Waals surface area contributed by atoms with E-state index in [4.69, 9.17) is 11.2 Å². The van der Waals surface area contributed by atoms with E-state index in [2.05, 4.69) is 5.92 Å². The van der Waals surface area contributed by atoms with Crippen LogP contribution in [0.1, 0.15) is 38.3 Å². The topological polar surface area (TPSA) is 29.5 Å². The van der Waals surface area contributed by atoms with E-state index in [1.54, 1.807) is 4.90 Å². The molecule has 0 saturated carbocycles. The Morgan fingerprint density at radius 3 is 2.79 bits per heavy atom. The fourth-order valence-electron chi connectivity index (χ4n) is 2.19. The van der Waals surface area contributed by atoms with Crippen molar-refractivity contribution >= 4 is 11.8 Å². The molecule has 100 valence electrons. The molecule has 2 rings (SSSR count). The number of ether oxygens (including phenoxy) is 1. The lowest BCUT2D eigenvalue weighted by molar-refractivity contribution is 0.0578. The first-order valence-corrected chi connectivity index (χ1v) is 6.51. The van der Waals surface area contributed by atoms with E-state index in [0.717, 1.165) is 29.7 Å². The van der Waals surface area contributed by atoms with E-state index in [0.29, 0.717) is 6.54 Å². The summed E-state index contributed by atoms with van der Waals surface area (Å²) in [6.45, 7) is 6.31. The van der Waals surface area contributed by atoms with Crippen LogP contribution in [0.2, 0.25) is 0 Å². The summed E-state index contributed by atoms with van der Waals surface area (Å²) in [4.78, 5) is 13.9. The maximum Gasteiger partial charge on any atom is 0.414 e. The molecule has 1 aliphatic rings. The first kappa shape index (κ1) is 13.5. The number of aryl methyl sites for hydroxylation is 1. The Morgan fingerprint density at radius 2 is 2.16 bits per heavy atom. The van der Waals surface area contributed by atoms with E-state index in [1.807, 2.05) is 39.0 Å². The molecular weight excluding hydrogens is 238 g/mol. The van der Waals surface area contributed by atoms with Crippen molar-refractivity contribution in [1.82, 2.24) is 0 Å². The van der Waals surface area contributed by atoms with Gasteiger partial charge in [0.15, 0.2) is 0 Å². The zero-order valence-electron chi connectivity index (χ0n) is 11.7. The van der Waals surface area contributed by atoms with Gasteiger partial charge in [-0.2, -0.15) is 0 Å². The van der Waals surface area contributed by atoms with Crippen molar-refractivity contribution in [1.29, 1.82) is 0 Å². The second-order valence-electron chi connectivity index (χ2n) is 5.72. The van der Waals surface area contributed by atoms with Crippen LogP contribution >= 0.6 is 0 Å². The van der Waals surface area contributed by atoms with Crippen molar-refractivity contribution in [2.24, 2.45) is 0 Å². The van der Waals surface area contributed by atoms with E-state index in [9.17, 15) is 4.79 Å². The lowest BCUT2D eigenvalue weighted by atomic mass is 10.00. The summed E-state index contributed by atoms with van der Waals surface area (Å²) >= 11 is 0. The number of amides is 1. The van der Waals surface area contributed by atoms with Gasteiger partial charge in [0, 0.05) is 12.1 Å². The molecule has 1 heterocycles. The molecule has 0 N–H and O–H groups in total. The number of carbonyl (C=O) groups excluding carboxylic acids is 1. The molecule has 0 atom stereocenters. The van der Waals surface area contributed by atoms with Crippen LogP contribution < -0.4 is 4.90 Å². The van der Waals surface area contributed by atoms with Gasteiger partial charge in [0.1, 0.15) is 5.60 Å². The molecule has 0 aliphatic carbocycles. The highest BCUT2D eigenvalue weighted by Crippen LogP contribution is 2.29. The lowest BCUT2D eigenvalue weighted by Crippen LogP contribution is -2.39. The van der Waals surface area contributed by atoms with Crippen LogP contribution in [-0.4, -0.2) is 18.2 Å². The summed E-state index contributed by atoms with van der Waals surface area (Å²) in [5, 5.41) is 0. The molecule has 1 aromatic rings. The molecule has 0 radical (unpaired) electrons. The maximum absolute atomic E-state index is 12.2. The van der Waals surface area contributed by atoms with Crippen LogP contribution in [0.15, 0.2) is 18.2 Å². The minimum atomic E-state index is -0.479. The van der Waals surface area contributed by atoms with Crippen molar-refractivity contribution in [3.63, 3.8) is 0 Å². The highest BCUT2D eigenvalue weighted by molar-refractivity contribution is 5.89. The number of carbonyl (C=O) groups is 1. The molecule has 0 bridgehead atoms. The van der Waals surface area contributed by atoms with E-state index < -0.39 is 5.60 Å². The summed E-state index contributed by atoms with van der Waals surface area (Å²) in [6, 6.07) is 5.75. The zero-order chi connectivity index (χ0) is 14.0. The third-order valence-electron chi connectivity index (χ3n) is 2.98. The van der Waals surface area contributed by atoms with Crippen LogP contribution in [0, 0.1) is 12.3 Å². The second-order valence-corrected chi connectivity index (χ2v) is 5.72. The Balaban J connectivity index is 2.28. The highest BCUT2D eigenvalue weighted by atomic mass is 16.6. The van der Waals surface area contributed by atoms with Crippen LogP contribution in [0.25, 0.3) is 0 Å². The average molecular weight is 257 g/mol. The molecule has 1 aromatic carbocycles. The number of fused-ring (bicyclic) bond motifs is 1. The Hall–Kier alpha value is -1.95. The third kappa shape index (κ3) is 3.08. The third-order valence-corrected chi connectivity index (χ3v) is 2.98. The largest absolute Gasteiger partial charge is 0.443 e. The summed E-state index contributed by atoms with van der Waals surface area (Å²) in [5.74, 6) is 2.62. The minimum Gasteiger partial charge on any atom is -0.443 e. The first-order valence-electron chi connectivity index (χ1n) is 6.51. The van der Waals surface area contributed by atoms with Gasteiger partial charge in [0.25, 0.3) is 0 Å². The Morgan fingerprint density at radius 1 is 1.42 bits per heavy atom.